The van der Waals surface area contributed by atoms with Crippen LogP contribution >= 0.6 is 24.0 Å². The van der Waals surface area contributed by atoms with Gasteiger partial charge in [-0.25, -0.2) is 9.07 Å². The van der Waals surface area contributed by atoms with Crippen LogP contribution in [0.15, 0.2) is 65.9 Å². The molecule has 0 saturated heterocycles. The minimum absolute atomic E-state index is 0. The number of hydrogen-bond donors (Lipinski definition) is 1. The van der Waals surface area contributed by atoms with Gasteiger partial charge in [0.15, 0.2) is 5.96 Å². The van der Waals surface area contributed by atoms with Gasteiger partial charge < -0.3 is 15.0 Å². The average Bonchev–Trinajstić information content (AvgIpc) is 3.20. The first-order valence-electron chi connectivity index (χ1n) is 9.37. The lowest BCUT2D eigenvalue weighted by molar-refractivity contribution is 0.181. The van der Waals surface area contributed by atoms with Crippen molar-refractivity contribution < 1.29 is 9.13 Å². The van der Waals surface area contributed by atoms with Crippen LogP contribution in [0.1, 0.15) is 16.7 Å². The molecule has 6 nitrogen and oxygen atoms in total. The third-order valence-corrected chi connectivity index (χ3v) is 4.51. The van der Waals surface area contributed by atoms with Crippen LogP contribution in [0.4, 0.5) is 4.39 Å². The lowest BCUT2D eigenvalue weighted by atomic mass is 10.1. The summed E-state index contributed by atoms with van der Waals surface area (Å²) in [6.07, 6.45) is 3.86. The summed E-state index contributed by atoms with van der Waals surface area (Å²) < 4.78 is 20.7. The summed E-state index contributed by atoms with van der Waals surface area (Å²) >= 11 is 0. The van der Waals surface area contributed by atoms with Gasteiger partial charge in [-0.2, -0.15) is 5.10 Å². The van der Waals surface area contributed by atoms with Gasteiger partial charge in [0.2, 0.25) is 0 Å². The quantitative estimate of drug-likeness (QED) is 0.289. The summed E-state index contributed by atoms with van der Waals surface area (Å²) in [4.78, 5) is 6.37. The highest BCUT2D eigenvalue weighted by molar-refractivity contribution is 14.0. The fourth-order valence-electron chi connectivity index (χ4n) is 3.08. The highest BCUT2D eigenvalue weighted by Gasteiger charge is 2.10. The van der Waals surface area contributed by atoms with E-state index >= 15 is 0 Å². The molecule has 1 aromatic heterocycles. The van der Waals surface area contributed by atoms with Gasteiger partial charge >= 0.3 is 0 Å². The molecule has 0 aliphatic carbocycles. The molecule has 0 amide bonds. The number of nitrogens with one attached hydrogen (secondary N) is 1. The molecule has 8 heteroatoms. The molecule has 30 heavy (non-hydrogen) atoms. The maximum absolute atomic E-state index is 13.8. The maximum Gasteiger partial charge on any atom is 0.193 e. The van der Waals surface area contributed by atoms with Crippen molar-refractivity contribution in [2.24, 2.45) is 4.99 Å². The molecule has 0 aliphatic rings. The SMILES string of the molecule is CN=C(NCc1ccc(F)c(COC)c1)N(C)Cc1cnn(-c2ccccc2)c1.I. The number of benzene rings is 2. The van der Waals surface area contributed by atoms with Crippen molar-refractivity contribution in [1.29, 1.82) is 0 Å². The van der Waals surface area contributed by atoms with Gasteiger partial charge in [-0.05, 0) is 29.8 Å². The Morgan fingerprint density at radius 3 is 2.67 bits per heavy atom. The number of methoxy groups -OCH3 is 1. The Morgan fingerprint density at radius 2 is 1.97 bits per heavy atom. The summed E-state index contributed by atoms with van der Waals surface area (Å²) in [7, 11) is 5.27. The van der Waals surface area contributed by atoms with Crippen LogP contribution in [0.25, 0.3) is 5.69 Å². The number of aliphatic imine (C=N–C) groups is 1. The number of ether oxygens (including phenoxy) is 1. The molecule has 1 N–H and O–H groups in total. The molecule has 0 bridgehead atoms. The Balaban J connectivity index is 0.00000320. The van der Waals surface area contributed by atoms with Crippen LogP contribution in [0.3, 0.4) is 0 Å². The molecule has 0 atom stereocenters. The highest BCUT2D eigenvalue weighted by Crippen LogP contribution is 2.12. The Bertz CT molecular complexity index is 961. The second-order valence-electron chi connectivity index (χ2n) is 6.74. The van der Waals surface area contributed by atoms with Gasteiger partial charge in [0.1, 0.15) is 5.82 Å². The monoisotopic (exact) mass is 523 g/mol. The predicted octanol–water partition coefficient (Wildman–Crippen LogP) is 3.98. The van der Waals surface area contributed by atoms with E-state index < -0.39 is 0 Å². The first-order valence-corrected chi connectivity index (χ1v) is 9.37. The molecule has 0 saturated carbocycles. The van der Waals surface area contributed by atoms with Gasteiger partial charge in [0.05, 0.1) is 18.5 Å². The lowest BCUT2D eigenvalue weighted by Crippen LogP contribution is -2.38. The first kappa shape index (κ1) is 23.8. The molecule has 0 unspecified atom stereocenters. The molecular formula is C22H27FIN5O. The van der Waals surface area contributed by atoms with E-state index in [9.17, 15) is 4.39 Å². The van der Waals surface area contributed by atoms with Crippen LogP contribution in [0.2, 0.25) is 0 Å². The summed E-state index contributed by atoms with van der Waals surface area (Å²) in [6.45, 7) is 1.45. The second kappa shape index (κ2) is 11.7. The zero-order valence-electron chi connectivity index (χ0n) is 17.4. The molecule has 160 valence electrons. The maximum atomic E-state index is 13.8. The Labute approximate surface area is 193 Å². The molecule has 0 radical (unpaired) electrons. The van der Waals surface area contributed by atoms with Crippen LogP contribution in [0.5, 0.6) is 0 Å². The normalized spacial score (nSPS) is 11.1. The Morgan fingerprint density at radius 1 is 1.20 bits per heavy atom. The topological polar surface area (TPSA) is 54.7 Å². The molecule has 0 aliphatic heterocycles. The molecule has 0 spiro atoms. The van der Waals surface area contributed by atoms with Crippen LogP contribution in [-0.2, 0) is 24.4 Å². The standard InChI is InChI=1S/C22H26FN5O.HI/c1-24-22(25-12-17-9-10-21(23)19(11-17)16-29-3)27(2)14-18-13-26-28(15-18)20-7-5-4-6-8-20;/h4-11,13,15H,12,14,16H2,1-3H3,(H,24,25);1H. The summed E-state index contributed by atoms with van der Waals surface area (Å²) in [5.74, 6) is 0.489. The number of aromatic nitrogens is 2. The number of guanidine groups is 1. The zero-order valence-corrected chi connectivity index (χ0v) is 19.7. The lowest BCUT2D eigenvalue weighted by Gasteiger charge is -2.21. The van der Waals surface area contributed by atoms with Crippen molar-refractivity contribution in [2.45, 2.75) is 19.7 Å². The van der Waals surface area contributed by atoms with E-state index in [4.69, 9.17) is 4.74 Å². The van der Waals surface area contributed by atoms with Crippen molar-refractivity contribution in [2.75, 3.05) is 21.2 Å². The van der Waals surface area contributed by atoms with Crippen molar-refractivity contribution in [3.8, 4) is 5.69 Å². The summed E-state index contributed by atoms with van der Waals surface area (Å²) in [5, 5.41) is 7.75. The smallest absolute Gasteiger partial charge is 0.193 e. The fraction of sp³-hybridized carbons (Fsp3) is 0.273. The average molecular weight is 523 g/mol. The molecule has 3 aromatic rings. The van der Waals surface area contributed by atoms with Gasteiger partial charge in [0.25, 0.3) is 0 Å². The number of nitrogens with zero attached hydrogens (tertiary/aromatic N) is 4. The third kappa shape index (κ3) is 6.27. The van der Waals surface area contributed by atoms with E-state index in [1.165, 1.54) is 6.07 Å². The zero-order chi connectivity index (χ0) is 20.6. The summed E-state index contributed by atoms with van der Waals surface area (Å²) in [5.41, 5.74) is 3.60. The molecule has 2 aromatic carbocycles. The van der Waals surface area contributed by atoms with Gasteiger partial charge in [0, 0.05) is 51.6 Å². The number of rotatable bonds is 7. The fourth-order valence-corrected chi connectivity index (χ4v) is 3.08. The van der Waals surface area contributed by atoms with Gasteiger partial charge in [-0.1, -0.05) is 24.3 Å². The number of hydrogen-bond acceptors (Lipinski definition) is 3. The highest BCUT2D eigenvalue weighted by atomic mass is 127. The third-order valence-electron chi connectivity index (χ3n) is 4.51. The van der Waals surface area contributed by atoms with E-state index in [1.54, 1.807) is 20.2 Å². The minimum atomic E-state index is -0.257. The Kier molecular flexibility index (Phi) is 9.25. The van der Waals surface area contributed by atoms with Crippen molar-refractivity contribution in [3.05, 3.63) is 83.4 Å². The van der Waals surface area contributed by atoms with E-state index in [0.717, 1.165) is 22.8 Å². The first-order chi connectivity index (χ1) is 14.1. The van der Waals surface area contributed by atoms with E-state index in [1.807, 2.05) is 65.4 Å². The van der Waals surface area contributed by atoms with E-state index in [0.29, 0.717) is 18.7 Å². The largest absolute Gasteiger partial charge is 0.380 e. The van der Waals surface area contributed by atoms with Crippen molar-refractivity contribution >= 4 is 29.9 Å². The second-order valence-corrected chi connectivity index (χ2v) is 6.74. The van der Waals surface area contributed by atoms with Crippen molar-refractivity contribution in [3.63, 3.8) is 0 Å². The van der Waals surface area contributed by atoms with Crippen LogP contribution in [-0.4, -0.2) is 41.8 Å². The number of halogens is 2. The predicted molar refractivity (Wildman–Crippen MR) is 128 cm³/mol. The summed E-state index contributed by atoms with van der Waals surface area (Å²) in [6, 6.07) is 15.0. The molecular weight excluding hydrogens is 496 g/mol. The van der Waals surface area contributed by atoms with Gasteiger partial charge in [-0.3, -0.25) is 4.99 Å². The van der Waals surface area contributed by atoms with E-state index in [-0.39, 0.29) is 36.4 Å². The van der Waals surface area contributed by atoms with Crippen molar-refractivity contribution in [1.82, 2.24) is 20.0 Å². The minimum Gasteiger partial charge on any atom is -0.380 e. The van der Waals surface area contributed by atoms with Gasteiger partial charge in [-0.15, -0.1) is 24.0 Å². The number of para-hydroxylation sites is 1. The molecule has 0 fully saturated rings. The molecule has 3 rings (SSSR count). The van der Waals surface area contributed by atoms with Crippen LogP contribution < -0.4 is 5.32 Å². The molecule has 1 heterocycles. The van der Waals surface area contributed by atoms with E-state index in [2.05, 4.69) is 15.4 Å². The Hall–Kier alpha value is -2.46. The van der Waals surface area contributed by atoms with Crippen LogP contribution in [0, 0.1) is 5.82 Å².